The van der Waals surface area contributed by atoms with E-state index in [-0.39, 0.29) is 29.8 Å². The van der Waals surface area contributed by atoms with Crippen LogP contribution in [-0.2, 0) is 23.7 Å². The number of pyridine rings is 2. The van der Waals surface area contributed by atoms with Gasteiger partial charge in [0.2, 0.25) is 23.6 Å². The van der Waals surface area contributed by atoms with E-state index in [2.05, 4.69) is 20.8 Å². The van der Waals surface area contributed by atoms with Gasteiger partial charge in [-0.25, -0.2) is 9.97 Å². The van der Waals surface area contributed by atoms with Crippen molar-refractivity contribution in [2.45, 2.75) is 25.9 Å². The second kappa shape index (κ2) is 9.02. The number of carbonyl (C=O) groups excluding carboxylic acids is 2. The fourth-order valence-corrected chi connectivity index (χ4v) is 4.89. The Morgan fingerprint density at radius 2 is 1.51 bits per heavy atom. The van der Waals surface area contributed by atoms with E-state index in [1.165, 1.54) is 0 Å². The number of carbonyl (C=O) groups is 2. The minimum atomic E-state index is -0.224. The summed E-state index contributed by atoms with van der Waals surface area (Å²) in [5.74, 6) is 1.10. The molecule has 0 saturated carbocycles. The van der Waals surface area contributed by atoms with Crippen LogP contribution < -0.4 is 20.1 Å². The summed E-state index contributed by atoms with van der Waals surface area (Å²) in [4.78, 5) is 32.9. The van der Waals surface area contributed by atoms with Crippen molar-refractivity contribution in [3.8, 4) is 23.1 Å². The van der Waals surface area contributed by atoms with Crippen molar-refractivity contribution >= 4 is 33.6 Å². The lowest BCUT2D eigenvalue weighted by Crippen LogP contribution is -2.26. The van der Waals surface area contributed by atoms with Crippen LogP contribution >= 0.6 is 0 Å². The number of hydrogen-bond acceptors (Lipinski definition) is 8. The van der Waals surface area contributed by atoms with Crippen LogP contribution in [0.25, 0.3) is 33.2 Å². The van der Waals surface area contributed by atoms with E-state index in [0.29, 0.717) is 55.7 Å². The van der Waals surface area contributed by atoms with Crippen LogP contribution in [0.3, 0.4) is 0 Å². The highest BCUT2D eigenvalue weighted by molar-refractivity contribution is 5.90. The maximum atomic E-state index is 11.7. The Morgan fingerprint density at radius 3 is 2.11 bits per heavy atom. The number of nitrogens with one attached hydrogen (secondary N) is 2. The summed E-state index contributed by atoms with van der Waals surface area (Å²) < 4.78 is 15.9. The van der Waals surface area contributed by atoms with Crippen molar-refractivity contribution in [2.75, 3.05) is 19.7 Å². The molecule has 37 heavy (non-hydrogen) atoms. The van der Waals surface area contributed by atoms with E-state index in [4.69, 9.17) is 19.4 Å². The molecule has 0 unspecified atom stereocenters. The predicted octanol–water partition coefficient (Wildman–Crippen LogP) is 1.34. The summed E-state index contributed by atoms with van der Waals surface area (Å²) in [5.41, 5.74) is 2.59. The molecule has 12 nitrogen and oxygen atoms in total. The summed E-state index contributed by atoms with van der Waals surface area (Å²) in [6.45, 7) is 3.49. The average molecular weight is 505 g/mol. The van der Waals surface area contributed by atoms with Crippen molar-refractivity contribution in [3.05, 3.63) is 24.5 Å². The quantitative estimate of drug-likeness (QED) is 0.385. The van der Waals surface area contributed by atoms with Crippen molar-refractivity contribution in [3.63, 3.8) is 0 Å². The maximum absolute atomic E-state index is 11.7. The fraction of sp³-hybridized carbons (Fsp3) is 0.440. The van der Waals surface area contributed by atoms with E-state index in [1.807, 2.05) is 45.5 Å². The first kappa shape index (κ1) is 23.2. The SMILES string of the molecule is C[C@@H](Oc1nc(-c2cc3nn(C)cc3c(OC[C@@H]3CNC(=O)C3)n2)cc2nn(C)cc12)[C@H]1CNC(=O)C1. The molecule has 0 bridgehead atoms. The normalized spacial score (nSPS) is 20.4. The molecule has 2 aliphatic rings. The van der Waals surface area contributed by atoms with Crippen molar-refractivity contribution in [1.29, 1.82) is 0 Å². The van der Waals surface area contributed by atoms with Crippen LogP contribution in [0.2, 0.25) is 0 Å². The molecule has 2 aliphatic heterocycles. The molecule has 6 heterocycles. The number of rotatable bonds is 7. The highest BCUT2D eigenvalue weighted by Crippen LogP contribution is 2.33. The Hall–Kier alpha value is -4.22. The lowest BCUT2D eigenvalue weighted by molar-refractivity contribution is -0.120. The van der Waals surface area contributed by atoms with Crippen LogP contribution in [0, 0.1) is 11.8 Å². The minimum Gasteiger partial charge on any atom is -0.477 e. The van der Waals surface area contributed by atoms with Crippen molar-refractivity contribution < 1.29 is 19.1 Å². The topological polar surface area (TPSA) is 138 Å². The van der Waals surface area contributed by atoms with Crippen molar-refractivity contribution in [2.24, 2.45) is 25.9 Å². The summed E-state index contributed by atoms with van der Waals surface area (Å²) in [7, 11) is 3.69. The van der Waals surface area contributed by atoms with Gasteiger partial charge >= 0.3 is 0 Å². The molecule has 2 N–H and O–H groups in total. The van der Waals surface area contributed by atoms with Gasteiger partial charge in [0, 0.05) is 64.3 Å². The molecule has 4 aromatic rings. The van der Waals surface area contributed by atoms with Gasteiger partial charge in [0.1, 0.15) is 6.10 Å². The number of aromatic nitrogens is 6. The Balaban J connectivity index is 1.37. The van der Waals surface area contributed by atoms with Gasteiger partial charge in [-0.3, -0.25) is 19.0 Å². The fourth-order valence-electron chi connectivity index (χ4n) is 4.89. The third kappa shape index (κ3) is 4.54. The molecule has 0 radical (unpaired) electrons. The molecular weight excluding hydrogens is 476 g/mol. The Labute approximate surface area is 212 Å². The third-order valence-corrected chi connectivity index (χ3v) is 6.92. The van der Waals surface area contributed by atoms with E-state index < -0.39 is 0 Å². The molecule has 6 rings (SSSR count). The molecule has 192 valence electrons. The largest absolute Gasteiger partial charge is 0.477 e. The maximum Gasteiger partial charge on any atom is 0.225 e. The van der Waals surface area contributed by atoms with Gasteiger partial charge in [0.15, 0.2) is 0 Å². The number of fused-ring (bicyclic) bond motifs is 2. The van der Waals surface area contributed by atoms with E-state index in [0.717, 1.165) is 21.8 Å². The zero-order valence-electron chi connectivity index (χ0n) is 20.9. The van der Waals surface area contributed by atoms with E-state index in [9.17, 15) is 9.59 Å². The molecule has 3 atom stereocenters. The first-order valence-corrected chi connectivity index (χ1v) is 12.3. The van der Waals surface area contributed by atoms with Gasteiger partial charge in [-0.2, -0.15) is 10.2 Å². The smallest absolute Gasteiger partial charge is 0.225 e. The van der Waals surface area contributed by atoms with Crippen LogP contribution in [0.5, 0.6) is 11.8 Å². The minimum absolute atomic E-state index is 0.0341. The monoisotopic (exact) mass is 504 g/mol. The van der Waals surface area contributed by atoms with Gasteiger partial charge in [-0.05, 0) is 19.1 Å². The van der Waals surface area contributed by atoms with Crippen LogP contribution in [-0.4, -0.2) is 67.1 Å². The third-order valence-electron chi connectivity index (χ3n) is 6.92. The highest BCUT2D eigenvalue weighted by Gasteiger charge is 2.29. The first-order valence-electron chi connectivity index (χ1n) is 12.3. The first-order chi connectivity index (χ1) is 17.8. The van der Waals surface area contributed by atoms with Gasteiger partial charge in [-0.1, -0.05) is 0 Å². The molecule has 2 fully saturated rings. The number of nitrogens with zero attached hydrogens (tertiary/aromatic N) is 6. The lowest BCUT2D eigenvalue weighted by atomic mass is 10.0. The molecule has 0 aromatic carbocycles. The van der Waals surface area contributed by atoms with Gasteiger partial charge in [0.05, 0.1) is 39.8 Å². The lowest BCUT2D eigenvalue weighted by Gasteiger charge is -2.19. The summed E-state index contributed by atoms with van der Waals surface area (Å²) in [5, 5.41) is 16.4. The number of aryl methyl sites for hydroxylation is 2. The van der Waals surface area contributed by atoms with E-state index in [1.54, 1.807) is 9.36 Å². The summed E-state index contributed by atoms with van der Waals surface area (Å²) in [6, 6.07) is 3.74. The van der Waals surface area contributed by atoms with Crippen LogP contribution in [0.4, 0.5) is 0 Å². The molecule has 12 heteroatoms. The Kier molecular flexibility index (Phi) is 5.65. The molecule has 0 aliphatic carbocycles. The molecule has 4 aromatic heterocycles. The van der Waals surface area contributed by atoms with E-state index >= 15 is 0 Å². The number of amides is 2. The molecule has 2 saturated heterocycles. The second-order valence-electron chi connectivity index (χ2n) is 9.87. The summed E-state index contributed by atoms with van der Waals surface area (Å²) >= 11 is 0. The predicted molar refractivity (Wildman–Crippen MR) is 134 cm³/mol. The molecule has 2 amide bonds. The molecule has 0 spiro atoms. The van der Waals surface area contributed by atoms with Gasteiger partial charge in [0.25, 0.3) is 0 Å². The average Bonchev–Trinajstić information content (AvgIpc) is 3.63. The summed E-state index contributed by atoms with van der Waals surface area (Å²) in [6.07, 6.45) is 4.37. The zero-order chi connectivity index (χ0) is 25.7. The number of ether oxygens (including phenoxy) is 2. The Morgan fingerprint density at radius 1 is 0.919 bits per heavy atom. The van der Waals surface area contributed by atoms with Crippen LogP contribution in [0.15, 0.2) is 24.5 Å². The van der Waals surface area contributed by atoms with Gasteiger partial charge in [-0.15, -0.1) is 0 Å². The Bertz CT molecular complexity index is 1530. The van der Waals surface area contributed by atoms with Crippen molar-refractivity contribution in [1.82, 2.24) is 40.2 Å². The highest BCUT2D eigenvalue weighted by atomic mass is 16.5. The second-order valence-corrected chi connectivity index (χ2v) is 9.87. The van der Waals surface area contributed by atoms with Crippen LogP contribution in [0.1, 0.15) is 19.8 Å². The van der Waals surface area contributed by atoms with Gasteiger partial charge < -0.3 is 20.1 Å². The number of hydrogen-bond donors (Lipinski definition) is 2. The standard InChI is InChI=1S/C25H28N8O4/c1-13(15-5-23(35)27-9-15)37-25-17-11-33(3)31-19(17)7-21(29-25)20-6-18-16(10-32(2)30-18)24(28-20)36-12-14-4-22(34)26-8-14/h6-7,10-11,13-15H,4-5,8-9,12H2,1-3H3,(H,26,34)(H,27,35)/t13-,14+,15-/m1/s1. The zero-order valence-corrected chi connectivity index (χ0v) is 20.9. The molecular formula is C25H28N8O4.